The Labute approximate surface area is 128 Å². The lowest BCUT2D eigenvalue weighted by molar-refractivity contribution is -0.156. The van der Waals surface area contributed by atoms with Gasteiger partial charge in [-0.25, -0.2) is 4.79 Å². The van der Waals surface area contributed by atoms with Crippen molar-refractivity contribution in [3.05, 3.63) is 11.6 Å². The van der Waals surface area contributed by atoms with Gasteiger partial charge in [-0.05, 0) is 30.6 Å². The summed E-state index contributed by atoms with van der Waals surface area (Å²) < 4.78 is 17.6. The Kier molecular flexibility index (Phi) is 5.77. The summed E-state index contributed by atoms with van der Waals surface area (Å²) in [4.78, 5) is 10.9. The number of carbonyl (C=O) groups is 1. The molecule has 0 radical (unpaired) electrons. The first-order valence-corrected chi connectivity index (χ1v) is 10.2. The Morgan fingerprint density at radius 2 is 2.00 bits per heavy atom. The lowest BCUT2D eigenvalue weighted by Gasteiger charge is -2.43. The third-order valence-corrected chi connectivity index (χ3v) is 8.88. The second-order valence-corrected chi connectivity index (χ2v) is 11.8. The predicted octanol–water partition coefficient (Wildman–Crippen LogP) is 3.17. The third-order valence-electron chi connectivity index (χ3n) is 4.41. The molecule has 0 unspecified atom stereocenters. The molecule has 1 rings (SSSR count). The van der Waals surface area contributed by atoms with Crippen molar-refractivity contribution < 1.29 is 23.8 Å². The summed E-state index contributed by atoms with van der Waals surface area (Å²) in [5.74, 6) is -0.980. The molecule has 1 N–H and O–H groups in total. The van der Waals surface area contributed by atoms with E-state index in [0.29, 0.717) is 12.0 Å². The molecule has 5 nitrogen and oxygen atoms in total. The molecule has 21 heavy (non-hydrogen) atoms. The summed E-state index contributed by atoms with van der Waals surface area (Å²) in [6.07, 6.45) is 0.749. The average molecular weight is 316 g/mol. The van der Waals surface area contributed by atoms with E-state index in [-0.39, 0.29) is 23.5 Å². The molecular formula is C15H28O5Si. The van der Waals surface area contributed by atoms with Crippen molar-refractivity contribution >= 4 is 14.3 Å². The third kappa shape index (κ3) is 4.64. The lowest BCUT2D eigenvalue weighted by Crippen LogP contribution is -2.48. The topological polar surface area (TPSA) is 65.0 Å². The molecule has 0 saturated carbocycles. The van der Waals surface area contributed by atoms with Crippen molar-refractivity contribution in [2.75, 3.05) is 7.11 Å². The predicted molar refractivity (Wildman–Crippen MR) is 83.7 cm³/mol. The van der Waals surface area contributed by atoms with Crippen LogP contribution in [0.25, 0.3) is 0 Å². The van der Waals surface area contributed by atoms with Crippen LogP contribution in [0.5, 0.6) is 0 Å². The summed E-state index contributed by atoms with van der Waals surface area (Å²) in [5.41, 5.74) is 0.653. The van der Waals surface area contributed by atoms with Crippen molar-refractivity contribution in [2.24, 2.45) is 0 Å². The van der Waals surface area contributed by atoms with E-state index >= 15 is 0 Å². The highest BCUT2D eigenvalue weighted by Crippen LogP contribution is 2.39. The monoisotopic (exact) mass is 316 g/mol. The fourth-order valence-electron chi connectivity index (χ4n) is 2.10. The van der Waals surface area contributed by atoms with Crippen LogP contribution in [0.4, 0.5) is 0 Å². The lowest BCUT2D eigenvalue weighted by atomic mass is 9.98. The molecule has 3 atom stereocenters. The van der Waals surface area contributed by atoms with E-state index in [1.165, 1.54) is 6.08 Å². The van der Waals surface area contributed by atoms with Crippen LogP contribution in [0.3, 0.4) is 0 Å². The Morgan fingerprint density at radius 1 is 1.43 bits per heavy atom. The van der Waals surface area contributed by atoms with Crippen molar-refractivity contribution in [3.63, 3.8) is 0 Å². The number of carboxylic acid groups (broad SMARTS) is 1. The molecule has 1 aliphatic rings. The van der Waals surface area contributed by atoms with E-state index in [2.05, 4.69) is 33.9 Å². The van der Waals surface area contributed by atoms with E-state index in [9.17, 15) is 4.79 Å². The maximum atomic E-state index is 10.9. The van der Waals surface area contributed by atoms with Gasteiger partial charge in [-0.15, -0.1) is 0 Å². The van der Waals surface area contributed by atoms with Crippen LogP contribution >= 0.6 is 0 Å². The molecule has 1 aliphatic heterocycles. The highest BCUT2D eigenvalue weighted by atomic mass is 28.4. The first kappa shape index (κ1) is 18.4. The van der Waals surface area contributed by atoms with Crippen LogP contribution < -0.4 is 0 Å². The number of carboxylic acids is 1. The maximum Gasteiger partial charge on any atom is 0.328 e. The van der Waals surface area contributed by atoms with Gasteiger partial charge in [-0.3, -0.25) is 0 Å². The minimum atomic E-state index is -1.93. The zero-order chi connectivity index (χ0) is 16.4. The van der Waals surface area contributed by atoms with Gasteiger partial charge < -0.3 is 19.0 Å². The van der Waals surface area contributed by atoms with E-state index in [1.807, 2.05) is 6.92 Å². The second kappa shape index (κ2) is 6.60. The van der Waals surface area contributed by atoms with Crippen LogP contribution in [-0.2, 0) is 18.7 Å². The molecule has 0 aromatic heterocycles. The fraction of sp³-hybridized carbons (Fsp3) is 0.800. The summed E-state index contributed by atoms with van der Waals surface area (Å²) >= 11 is 0. The number of rotatable bonds is 4. The van der Waals surface area contributed by atoms with Gasteiger partial charge in [0.1, 0.15) is 0 Å². The van der Waals surface area contributed by atoms with Crippen molar-refractivity contribution in [3.8, 4) is 0 Å². The standard InChI is InChI=1S/C15H28O5Si/c1-10-11(8-13(16)17)12(18-5)9-14(19-10)20-21(6,7)15(2,3)4/h8,10,12,14H,9H2,1-7H3,(H,16,17)/b11-8+/t10-,12-,14-/m0/s1. The summed E-state index contributed by atoms with van der Waals surface area (Å²) in [6, 6.07) is 0. The van der Waals surface area contributed by atoms with Crippen LogP contribution in [0.2, 0.25) is 18.1 Å². The molecule has 0 amide bonds. The first-order valence-electron chi connectivity index (χ1n) is 7.28. The maximum absolute atomic E-state index is 10.9. The van der Waals surface area contributed by atoms with Crippen molar-refractivity contribution in [1.29, 1.82) is 0 Å². The quantitative estimate of drug-likeness (QED) is 0.637. The number of hydrogen-bond donors (Lipinski definition) is 1. The van der Waals surface area contributed by atoms with Gasteiger partial charge in [-0.2, -0.15) is 0 Å². The number of hydrogen-bond acceptors (Lipinski definition) is 4. The van der Waals surface area contributed by atoms with Crippen LogP contribution in [-0.4, -0.2) is 45.0 Å². The van der Waals surface area contributed by atoms with Gasteiger partial charge in [-0.1, -0.05) is 20.8 Å². The number of aliphatic carboxylic acids is 1. The summed E-state index contributed by atoms with van der Waals surface area (Å²) in [6.45, 7) is 12.7. The molecular weight excluding hydrogens is 288 g/mol. The smallest absolute Gasteiger partial charge is 0.328 e. The Balaban J connectivity index is 2.86. The highest BCUT2D eigenvalue weighted by molar-refractivity contribution is 6.74. The zero-order valence-corrected chi connectivity index (χ0v) is 15.1. The normalized spacial score (nSPS) is 29.7. The van der Waals surface area contributed by atoms with Gasteiger partial charge in [0.2, 0.25) is 0 Å². The van der Waals surface area contributed by atoms with E-state index < -0.39 is 14.3 Å². The number of ether oxygens (including phenoxy) is 2. The summed E-state index contributed by atoms with van der Waals surface area (Å²) in [5, 5.41) is 9.04. The Morgan fingerprint density at radius 3 is 2.43 bits per heavy atom. The molecule has 0 aromatic carbocycles. The largest absolute Gasteiger partial charge is 0.478 e. The SMILES string of the molecule is CO[C@H]1C[C@H](O[Si](C)(C)C(C)(C)C)O[C@@H](C)/C1=C\C(=O)O. The molecule has 0 bridgehead atoms. The minimum absolute atomic E-state index is 0.0966. The number of methoxy groups -OCH3 is 1. The average Bonchev–Trinajstić information content (AvgIpc) is 2.29. The van der Waals surface area contributed by atoms with E-state index in [1.54, 1.807) is 7.11 Å². The first-order chi connectivity index (χ1) is 9.48. The van der Waals surface area contributed by atoms with Crippen LogP contribution in [0.15, 0.2) is 11.6 Å². The molecule has 1 saturated heterocycles. The Hall–Kier alpha value is -0.693. The Bertz CT molecular complexity index is 411. The molecule has 1 heterocycles. The van der Waals surface area contributed by atoms with Gasteiger partial charge in [0.05, 0.1) is 12.2 Å². The fourth-order valence-corrected chi connectivity index (χ4v) is 3.26. The molecule has 0 aromatic rings. The van der Waals surface area contributed by atoms with E-state index in [4.69, 9.17) is 19.0 Å². The summed E-state index contributed by atoms with van der Waals surface area (Å²) in [7, 11) is -0.350. The van der Waals surface area contributed by atoms with Crippen LogP contribution in [0, 0.1) is 0 Å². The molecule has 0 aliphatic carbocycles. The van der Waals surface area contributed by atoms with Gasteiger partial charge in [0, 0.05) is 19.6 Å². The zero-order valence-electron chi connectivity index (χ0n) is 14.1. The van der Waals surface area contributed by atoms with Gasteiger partial charge in [0.15, 0.2) is 14.6 Å². The molecule has 0 spiro atoms. The van der Waals surface area contributed by atoms with Crippen molar-refractivity contribution in [2.45, 2.75) is 70.7 Å². The van der Waals surface area contributed by atoms with Gasteiger partial charge in [0.25, 0.3) is 0 Å². The van der Waals surface area contributed by atoms with E-state index in [0.717, 1.165) is 0 Å². The van der Waals surface area contributed by atoms with Gasteiger partial charge >= 0.3 is 5.97 Å². The van der Waals surface area contributed by atoms with Crippen LogP contribution in [0.1, 0.15) is 34.1 Å². The molecule has 1 fully saturated rings. The van der Waals surface area contributed by atoms with Crippen molar-refractivity contribution in [1.82, 2.24) is 0 Å². The molecule has 122 valence electrons. The minimum Gasteiger partial charge on any atom is -0.478 e. The highest BCUT2D eigenvalue weighted by Gasteiger charge is 2.42. The second-order valence-electron chi connectivity index (χ2n) is 7.03. The molecule has 6 heteroatoms.